The van der Waals surface area contributed by atoms with Crippen LogP contribution in [0.4, 0.5) is 4.79 Å². The van der Waals surface area contributed by atoms with E-state index in [9.17, 15) is 19.5 Å². The van der Waals surface area contributed by atoms with Crippen LogP contribution in [0.15, 0.2) is 128 Å². The van der Waals surface area contributed by atoms with Gasteiger partial charge in [-0.2, -0.15) is 5.01 Å². The summed E-state index contributed by atoms with van der Waals surface area (Å²) in [5.74, 6) is -0.417. The number of urea groups is 1. The molecule has 0 bridgehead atoms. The maximum atomic E-state index is 14.5. The summed E-state index contributed by atoms with van der Waals surface area (Å²) in [6.07, 6.45) is 2.87. The molecule has 13 nitrogen and oxygen atoms in total. The van der Waals surface area contributed by atoms with Crippen LogP contribution in [0.3, 0.4) is 0 Å². The molecule has 2 fully saturated rings. The summed E-state index contributed by atoms with van der Waals surface area (Å²) in [7, 11) is 0. The van der Waals surface area contributed by atoms with Crippen molar-refractivity contribution >= 4 is 28.7 Å². The first-order valence-electron chi connectivity index (χ1n) is 17.4. The number of aromatic hydroxyl groups is 1. The molecule has 2 aliphatic heterocycles. The molecule has 0 saturated carbocycles. The third kappa shape index (κ3) is 7.02. The smallest absolute Gasteiger partial charge is 0.334 e. The lowest BCUT2D eigenvalue weighted by Crippen LogP contribution is -2.76. The molecule has 0 aliphatic carbocycles. The summed E-state index contributed by atoms with van der Waals surface area (Å²) in [5.41, 5.74) is 4.77. The van der Waals surface area contributed by atoms with Gasteiger partial charge in [0.25, 0.3) is 0 Å². The first-order valence-corrected chi connectivity index (χ1v) is 17.4. The topological polar surface area (TPSA) is 140 Å². The largest absolute Gasteiger partial charge is 0.508 e. The van der Waals surface area contributed by atoms with Gasteiger partial charge < -0.3 is 20.2 Å². The molecule has 0 unspecified atom stereocenters. The number of rotatable bonds is 9. The van der Waals surface area contributed by atoms with Crippen molar-refractivity contribution in [2.24, 2.45) is 0 Å². The molecule has 4 amide bonds. The van der Waals surface area contributed by atoms with E-state index in [-0.39, 0.29) is 56.7 Å². The molecular weight excluding hydrogens is 670 g/mol. The van der Waals surface area contributed by atoms with Crippen molar-refractivity contribution in [3.05, 3.63) is 150 Å². The van der Waals surface area contributed by atoms with Gasteiger partial charge in [0.2, 0.25) is 11.8 Å². The minimum atomic E-state index is -0.913. The van der Waals surface area contributed by atoms with Crippen molar-refractivity contribution in [3.63, 3.8) is 0 Å². The predicted molar refractivity (Wildman–Crippen MR) is 196 cm³/mol. The predicted octanol–water partition coefficient (Wildman–Crippen LogP) is 4.27. The number of amides is 4. The number of carbonyl (C=O) groups is 3. The zero-order chi connectivity index (χ0) is 36.3. The van der Waals surface area contributed by atoms with Crippen molar-refractivity contribution in [2.75, 3.05) is 13.1 Å². The molecule has 266 valence electrons. The van der Waals surface area contributed by atoms with Gasteiger partial charge >= 0.3 is 6.03 Å². The molecule has 2 N–H and O–H groups in total. The molecule has 0 radical (unpaired) electrons. The number of hydrogen-bond acceptors (Lipinski definition) is 8. The number of fused-ring (bicyclic) bond motifs is 2. The van der Waals surface area contributed by atoms with E-state index >= 15 is 0 Å². The third-order valence-corrected chi connectivity index (χ3v) is 9.69. The van der Waals surface area contributed by atoms with Gasteiger partial charge in [-0.25, -0.2) is 14.5 Å². The Bertz CT molecular complexity index is 2240. The van der Waals surface area contributed by atoms with Crippen LogP contribution < -0.4 is 5.32 Å². The van der Waals surface area contributed by atoms with Gasteiger partial charge in [0, 0.05) is 31.1 Å². The molecule has 2 atom stereocenters. The van der Waals surface area contributed by atoms with E-state index in [1.54, 1.807) is 61.2 Å². The number of aromatic nitrogens is 4. The van der Waals surface area contributed by atoms with Crippen molar-refractivity contribution in [1.29, 1.82) is 0 Å². The van der Waals surface area contributed by atoms with Crippen LogP contribution in [-0.2, 0) is 35.6 Å². The van der Waals surface area contributed by atoms with E-state index in [0.717, 1.165) is 33.3 Å². The number of nitrogens with one attached hydrogen (secondary N) is 1. The number of pyridine rings is 1. The zero-order valence-corrected chi connectivity index (χ0v) is 28.8. The first-order chi connectivity index (χ1) is 25.9. The van der Waals surface area contributed by atoms with Gasteiger partial charge in [0.15, 0.2) is 0 Å². The SMILES string of the molecule is O=C1[C@H](Cc2ccc(O)cc2)N2C(=O)CN(Cc3cn(-c4ccccc4)nn3)N(C(=O)NCc3ccccc3)[C@H]2CN1Cc1cccc2ncccc12. The highest BCUT2D eigenvalue weighted by atomic mass is 16.3. The standard InChI is InChI=1S/C40H37N9O4/c50-33-18-16-28(17-19-33)21-36-39(52)45(23-30-11-7-15-35-34(30)14-8-20-41-35)26-37-48(36)38(51)27-46(49(37)40(53)42-22-29-9-3-1-4-10-29)24-31-25-47(44-43-31)32-12-5-2-6-13-32/h1-20,25,36-37,50H,21-24,26-27H2,(H,42,53)/t36-,37-/m0/s1. The number of phenolic OH excluding ortho intramolecular Hbond substituents is 1. The van der Waals surface area contributed by atoms with E-state index in [1.807, 2.05) is 91.0 Å². The van der Waals surface area contributed by atoms with Crippen LogP contribution in [0.25, 0.3) is 16.6 Å². The quantitative estimate of drug-likeness (QED) is 0.227. The van der Waals surface area contributed by atoms with Crippen molar-refractivity contribution in [3.8, 4) is 11.4 Å². The molecule has 6 aromatic rings. The Morgan fingerprint density at radius 2 is 1.60 bits per heavy atom. The van der Waals surface area contributed by atoms with E-state index < -0.39 is 18.2 Å². The highest BCUT2D eigenvalue weighted by Crippen LogP contribution is 2.31. The lowest BCUT2D eigenvalue weighted by atomic mass is 9.98. The lowest BCUT2D eigenvalue weighted by molar-refractivity contribution is -0.192. The average molecular weight is 708 g/mol. The maximum absolute atomic E-state index is 14.5. The first kappa shape index (κ1) is 33.5. The Hall–Kier alpha value is -6.60. The Balaban J connectivity index is 1.16. The number of para-hydroxylation sites is 1. The summed E-state index contributed by atoms with van der Waals surface area (Å²) in [6.45, 7) is 0.531. The maximum Gasteiger partial charge on any atom is 0.334 e. The van der Waals surface area contributed by atoms with Crippen LogP contribution in [-0.4, -0.2) is 88.0 Å². The number of nitrogens with zero attached hydrogens (tertiary/aromatic N) is 8. The third-order valence-electron chi connectivity index (χ3n) is 9.69. The van der Waals surface area contributed by atoms with Gasteiger partial charge in [0.1, 0.15) is 18.0 Å². The Morgan fingerprint density at radius 1 is 0.830 bits per heavy atom. The molecular formula is C40H37N9O4. The number of hydrazine groups is 1. The zero-order valence-electron chi connectivity index (χ0n) is 28.8. The van der Waals surface area contributed by atoms with E-state index in [1.165, 1.54) is 0 Å². The number of phenols is 1. The number of carbonyl (C=O) groups excluding carboxylic acids is 3. The Labute approximate surface area is 305 Å². The highest BCUT2D eigenvalue weighted by molar-refractivity contribution is 5.92. The fourth-order valence-corrected chi connectivity index (χ4v) is 7.16. The molecule has 53 heavy (non-hydrogen) atoms. The second-order valence-corrected chi connectivity index (χ2v) is 13.2. The van der Waals surface area contributed by atoms with Crippen LogP contribution >= 0.6 is 0 Å². The fourth-order valence-electron chi connectivity index (χ4n) is 7.16. The molecule has 13 heteroatoms. The van der Waals surface area contributed by atoms with E-state index in [2.05, 4.69) is 20.6 Å². The normalized spacial score (nSPS) is 17.6. The number of benzene rings is 4. The molecule has 2 aromatic heterocycles. The van der Waals surface area contributed by atoms with Crippen LogP contribution in [0, 0.1) is 0 Å². The molecule has 4 aromatic carbocycles. The van der Waals surface area contributed by atoms with Crippen molar-refractivity contribution in [1.82, 2.24) is 45.1 Å². The molecule has 2 aliphatic rings. The van der Waals surface area contributed by atoms with Crippen molar-refractivity contribution in [2.45, 2.75) is 38.3 Å². The molecule has 2 saturated heterocycles. The van der Waals surface area contributed by atoms with Crippen molar-refractivity contribution < 1.29 is 19.5 Å². The minimum absolute atomic E-state index is 0.0687. The lowest BCUT2D eigenvalue weighted by Gasteiger charge is -2.55. The summed E-state index contributed by atoms with van der Waals surface area (Å²) in [5, 5.41) is 25.9. The number of piperazine rings is 1. The van der Waals surface area contributed by atoms with E-state index in [0.29, 0.717) is 5.69 Å². The molecule has 0 spiro atoms. The second-order valence-electron chi connectivity index (χ2n) is 13.2. The molecule has 4 heterocycles. The van der Waals surface area contributed by atoms with Gasteiger partial charge in [-0.05, 0) is 53.1 Å². The minimum Gasteiger partial charge on any atom is -0.508 e. The Morgan fingerprint density at radius 3 is 2.40 bits per heavy atom. The number of hydrogen-bond donors (Lipinski definition) is 2. The summed E-state index contributed by atoms with van der Waals surface area (Å²) in [6, 6.07) is 34.1. The van der Waals surface area contributed by atoms with Gasteiger partial charge in [-0.1, -0.05) is 84.1 Å². The summed E-state index contributed by atoms with van der Waals surface area (Å²) >= 11 is 0. The summed E-state index contributed by atoms with van der Waals surface area (Å²) < 4.78 is 1.65. The monoisotopic (exact) mass is 707 g/mol. The summed E-state index contributed by atoms with van der Waals surface area (Å²) in [4.78, 5) is 51.1. The average Bonchev–Trinajstić information content (AvgIpc) is 3.66. The van der Waals surface area contributed by atoms with Gasteiger partial charge in [-0.15, -0.1) is 5.10 Å². The Kier molecular flexibility index (Phi) is 9.21. The van der Waals surface area contributed by atoms with Gasteiger partial charge in [0.05, 0.1) is 42.7 Å². The fraction of sp³-hybridized carbons (Fsp3) is 0.200. The van der Waals surface area contributed by atoms with E-state index in [4.69, 9.17) is 0 Å². The highest BCUT2D eigenvalue weighted by Gasteiger charge is 2.51. The van der Waals surface area contributed by atoms with Gasteiger partial charge in [-0.3, -0.25) is 14.6 Å². The second kappa shape index (κ2) is 14.6. The molecule has 8 rings (SSSR count). The van der Waals surface area contributed by atoms with Crippen LogP contribution in [0.5, 0.6) is 5.75 Å². The van der Waals surface area contributed by atoms with Crippen LogP contribution in [0.1, 0.15) is 22.4 Å². The van der Waals surface area contributed by atoms with Crippen LogP contribution in [0.2, 0.25) is 0 Å².